The molecule has 0 unspecified atom stereocenters. The molecular weight excluding hydrogens is 1310 g/mol. The molecule has 8 nitrogen and oxygen atoms in total. The van der Waals surface area contributed by atoms with Gasteiger partial charge < -0.3 is 0 Å². The lowest BCUT2D eigenvalue weighted by Crippen LogP contribution is -2.32. The van der Waals surface area contributed by atoms with Gasteiger partial charge in [-0.1, -0.05) is 272 Å². The number of aryl methyl sites for hydroxylation is 4. The van der Waals surface area contributed by atoms with Gasteiger partial charge in [0, 0.05) is 76.1 Å². The zero-order valence-corrected chi connectivity index (χ0v) is 58.9. The standard InChI is InChI=1S/C94H62N8S2/c1-55-23-22-50-95-85(55)84-72(92-101-89(62-26-10-6-11-27-62)100-90(102-92)63-28-12-7-13-29-63)46-47-78-87(84)104-83-49-44-64(52-79(83)93(78)74-34-18-14-30-68(74)69-31-15-19-35-75(69)93)65-43-48-82-80(53-65)94(76-36-20-16-32-70(76)71-33-17-21-37-77(71)94)81-54-66(91-98-58(4)97-88(99-91)61-24-8-5-9-25-61)51-73(86(81)103-82)60-41-39-59(40-42-60)67-45-38-56(2)96-57(67)3/h5-54H,1-4H3. The van der Waals surface area contributed by atoms with E-state index in [1.165, 1.54) is 76.6 Å². The zero-order chi connectivity index (χ0) is 69.4. The molecule has 2 spiro atoms. The highest BCUT2D eigenvalue weighted by molar-refractivity contribution is 8.00. The van der Waals surface area contributed by atoms with Crippen LogP contribution in [0, 0.1) is 27.7 Å². The molecule has 10 heteroatoms. The van der Waals surface area contributed by atoms with Gasteiger partial charge in [-0.2, -0.15) is 0 Å². The first-order valence-corrected chi connectivity index (χ1v) is 36.8. The third-order valence-electron chi connectivity index (χ3n) is 21.4. The van der Waals surface area contributed by atoms with Crippen molar-refractivity contribution in [3.63, 3.8) is 0 Å². The van der Waals surface area contributed by atoms with Crippen molar-refractivity contribution in [2.24, 2.45) is 0 Å². The minimum Gasteiger partial charge on any atom is -0.258 e. The largest absolute Gasteiger partial charge is 0.258 e. The van der Waals surface area contributed by atoms with E-state index in [-0.39, 0.29) is 0 Å². The highest BCUT2D eigenvalue weighted by Crippen LogP contribution is 2.67. The molecule has 0 amide bonds. The zero-order valence-electron chi connectivity index (χ0n) is 57.3. The maximum Gasteiger partial charge on any atom is 0.164 e. The summed E-state index contributed by atoms with van der Waals surface area (Å²) in [5, 5.41) is 0. The van der Waals surface area contributed by atoms with Crippen LogP contribution in [0.25, 0.3) is 124 Å². The molecule has 16 aromatic rings. The molecule has 0 radical (unpaired) electrons. The fraction of sp³-hybridized carbons (Fsp3) is 0.0638. The Morgan fingerprint density at radius 2 is 0.683 bits per heavy atom. The van der Waals surface area contributed by atoms with Crippen molar-refractivity contribution in [2.45, 2.75) is 58.1 Å². The molecule has 6 heterocycles. The van der Waals surface area contributed by atoms with E-state index in [0.29, 0.717) is 34.9 Å². The van der Waals surface area contributed by atoms with E-state index in [1.54, 1.807) is 0 Å². The summed E-state index contributed by atoms with van der Waals surface area (Å²) in [7, 11) is 0. The summed E-state index contributed by atoms with van der Waals surface area (Å²) in [6.45, 7) is 8.28. The number of fused-ring (bicyclic) bond motifs is 18. The van der Waals surface area contributed by atoms with Crippen LogP contribution in [0.4, 0.5) is 0 Å². The van der Waals surface area contributed by atoms with Crippen molar-refractivity contribution in [1.82, 2.24) is 39.9 Å². The van der Waals surface area contributed by atoms with Crippen LogP contribution in [0.3, 0.4) is 0 Å². The van der Waals surface area contributed by atoms with Crippen LogP contribution < -0.4 is 0 Å². The lowest BCUT2D eigenvalue weighted by atomic mass is 9.65. The Labute approximate surface area is 611 Å². The minimum atomic E-state index is -0.799. The highest BCUT2D eigenvalue weighted by atomic mass is 32.2. The van der Waals surface area contributed by atoms with Crippen LogP contribution in [-0.2, 0) is 10.8 Å². The predicted molar refractivity (Wildman–Crippen MR) is 420 cm³/mol. The molecule has 490 valence electrons. The van der Waals surface area contributed by atoms with Gasteiger partial charge >= 0.3 is 0 Å². The molecule has 0 bridgehead atoms. The second-order valence-corrected chi connectivity index (χ2v) is 29.4. The van der Waals surface area contributed by atoms with Gasteiger partial charge in [0.05, 0.1) is 16.5 Å². The van der Waals surface area contributed by atoms with Gasteiger partial charge in [0.15, 0.2) is 29.1 Å². The smallest absolute Gasteiger partial charge is 0.164 e. The molecule has 4 aromatic heterocycles. The Morgan fingerprint density at radius 3 is 1.19 bits per heavy atom. The first-order valence-electron chi connectivity index (χ1n) is 35.2. The predicted octanol–water partition coefficient (Wildman–Crippen LogP) is 22.7. The molecule has 20 rings (SSSR count). The molecule has 0 fully saturated rings. The Bertz CT molecular complexity index is 6090. The highest BCUT2D eigenvalue weighted by Gasteiger charge is 2.53. The third-order valence-corrected chi connectivity index (χ3v) is 23.9. The number of hydrogen-bond donors (Lipinski definition) is 0. The van der Waals surface area contributed by atoms with Crippen molar-refractivity contribution in [2.75, 3.05) is 0 Å². The summed E-state index contributed by atoms with van der Waals surface area (Å²) in [6.07, 6.45) is 1.91. The summed E-state index contributed by atoms with van der Waals surface area (Å²) >= 11 is 3.68. The Morgan fingerprint density at radius 1 is 0.260 bits per heavy atom. The summed E-state index contributed by atoms with van der Waals surface area (Å²) in [5.41, 5.74) is 29.2. The fourth-order valence-corrected chi connectivity index (χ4v) is 19.5. The van der Waals surface area contributed by atoms with Crippen molar-refractivity contribution in [1.29, 1.82) is 0 Å². The van der Waals surface area contributed by atoms with Gasteiger partial charge in [-0.3, -0.25) is 9.97 Å². The monoisotopic (exact) mass is 1370 g/mol. The summed E-state index contributed by atoms with van der Waals surface area (Å²) in [4.78, 5) is 46.3. The van der Waals surface area contributed by atoms with Gasteiger partial charge in [-0.25, -0.2) is 29.9 Å². The topological polar surface area (TPSA) is 103 Å². The summed E-state index contributed by atoms with van der Waals surface area (Å²) in [5.74, 6) is 3.68. The molecule has 0 saturated carbocycles. The van der Waals surface area contributed by atoms with Gasteiger partial charge in [0.1, 0.15) is 5.82 Å². The third kappa shape index (κ3) is 9.48. The van der Waals surface area contributed by atoms with E-state index in [0.717, 1.165) is 99.2 Å². The first kappa shape index (κ1) is 61.5. The van der Waals surface area contributed by atoms with Gasteiger partial charge in [0.2, 0.25) is 0 Å². The Balaban J connectivity index is 0.815. The van der Waals surface area contributed by atoms with Crippen LogP contribution in [0.2, 0.25) is 0 Å². The van der Waals surface area contributed by atoms with E-state index in [9.17, 15) is 0 Å². The maximum absolute atomic E-state index is 5.41. The lowest BCUT2D eigenvalue weighted by molar-refractivity contribution is 0.722. The quantitative estimate of drug-likeness (QED) is 0.139. The van der Waals surface area contributed by atoms with E-state index in [4.69, 9.17) is 39.9 Å². The average Bonchev–Trinajstić information content (AvgIpc) is 1.44. The minimum absolute atomic E-state index is 0.577. The van der Waals surface area contributed by atoms with Crippen LogP contribution in [0.15, 0.2) is 323 Å². The summed E-state index contributed by atoms with van der Waals surface area (Å²) in [6, 6.07) is 108. The number of rotatable bonds is 9. The number of nitrogens with zero attached hydrogens (tertiary/aromatic N) is 8. The number of hydrogen-bond acceptors (Lipinski definition) is 10. The van der Waals surface area contributed by atoms with Crippen molar-refractivity contribution >= 4 is 23.5 Å². The van der Waals surface area contributed by atoms with Crippen molar-refractivity contribution in [3.05, 3.63) is 371 Å². The molecule has 0 atom stereocenters. The number of benzene rings is 12. The van der Waals surface area contributed by atoms with Gasteiger partial charge in [0.25, 0.3) is 0 Å². The molecule has 2 aliphatic heterocycles. The molecule has 104 heavy (non-hydrogen) atoms. The van der Waals surface area contributed by atoms with Crippen molar-refractivity contribution in [3.8, 4) is 124 Å². The molecule has 2 aliphatic carbocycles. The van der Waals surface area contributed by atoms with Gasteiger partial charge in [-0.15, -0.1) is 0 Å². The summed E-state index contributed by atoms with van der Waals surface area (Å²) < 4.78 is 0. The van der Waals surface area contributed by atoms with Gasteiger partial charge in [-0.05, 0) is 176 Å². The number of aromatic nitrogens is 8. The average molecular weight is 1370 g/mol. The van der Waals surface area contributed by atoms with Crippen LogP contribution in [-0.4, -0.2) is 39.9 Å². The Kier molecular flexibility index (Phi) is 14.3. The molecule has 0 N–H and O–H groups in total. The van der Waals surface area contributed by atoms with Crippen molar-refractivity contribution < 1.29 is 0 Å². The molecular formula is C94H62N8S2. The van der Waals surface area contributed by atoms with Crippen LogP contribution in [0.5, 0.6) is 0 Å². The first-order chi connectivity index (χ1) is 51.2. The fourth-order valence-electron chi connectivity index (χ4n) is 16.9. The SMILES string of the molecule is Cc1ccc(-c2ccc(-c3cc(-c4nc(C)nc(-c5ccccc5)n4)cc4c3Sc3ccc(-c5ccc6c(c5)C5(c7ccccc7-c7ccccc75)c5ccc(-c7nc(-c8ccccc8)nc(-c8ccccc8)n7)c(-c7ncccc7C)c5S6)cc3C43c4ccccc4-c4ccccc43)cc2)c(C)n1. The molecule has 4 aliphatic rings. The maximum atomic E-state index is 5.41. The number of pyridine rings is 2. The molecule has 12 aromatic carbocycles. The van der Waals surface area contributed by atoms with E-state index < -0.39 is 10.8 Å². The normalized spacial score (nSPS) is 13.5. The Hall–Kier alpha value is -12.3. The molecule has 0 saturated heterocycles. The lowest BCUT2D eigenvalue weighted by Gasteiger charge is -2.41. The van der Waals surface area contributed by atoms with E-state index >= 15 is 0 Å². The van der Waals surface area contributed by atoms with E-state index in [2.05, 4.69) is 250 Å². The van der Waals surface area contributed by atoms with Crippen LogP contribution >= 0.6 is 23.5 Å². The second kappa shape index (κ2) is 24.2. The second-order valence-electron chi connectivity index (χ2n) is 27.3. The van der Waals surface area contributed by atoms with Crippen LogP contribution in [0.1, 0.15) is 67.3 Å². The van der Waals surface area contributed by atoms with E-state index in [1.807, 2.05) is 104 Å².